The lowest BCUT2D eigenvalue weighted by molar-refractivity contribution is -0.156. The van der Waals surface area contributed by atoms with Crippen LogP contribution in [0.25, 0.3) is 0 Å². The minimum Gasteiger partial charge on any atom is -0.497 e. The third-order valence-corrected chi connectivity index (χ3v) is 3.34. The van der Waals surface area contributed by atoms with E-state index in [0.717, 1.165) is 0 Å². The Bertz CT molecular complexity index is 582. The highest BCUT2D eigenvalue weighted by Gasteiger charge is 2.37. The Morgan fingerprint density at radius 3 is 1.81 bits per heavy atom. The van der Waals surface area contributed by atoms with E-state index in [2.05, 4.69) is 0 Å². The van der Waals surface area contributed by atoms with E-state index in [0.29, 0.717) is 11.4 Å². The van der Waals surface area contributed by atoms with Crippen LogP contribution >= 0.6 is 0 Å². The molecule has 0 aliphatic rings. The molecule has 0 aliphatic carbocycles. The fraction of sp³-hybridized carbons (Fsp3) is 0.500. The molecule has 0 atom stereocenters. The summed E-state index contributed by atoms with van der Waals surface area (Å²) in [6.45, 7) is 4.96. The molecule has 1 aromatic carbocycles. The van der Waals surface area contributed by atoms with E-state index in [1.807, 2.05) is 0 Å². The molecular weight excluding hydrogens is 342 g/mol. The molecule has 8 heteroatoms. The van der Waals surface area contributed by atoms with Crippen LogP contribution < -0.4 is 9.64 Å². The fourth-order valence-electron chi connectivity index (χ4n) is 2.24. The van der Waals surface area contributed by atoms with Gasteiger partial charge in [0.05, 0.1) is 26.9 Å². The van der Waals surface area contributed by atoms with Gasteiger partial charge in [-0.1, -0.05) is 0 Å². The average Bonchev–Trinajstić information content (AvgIpc) is 2.62. The van der Waals surface area contributed by atoms with Crippen molar-refractivity contribution < 1.29 is 33.3 Å². The first kappa shape index (κ1) is 21.3. The number of hydrogen-bond donors (Lipinski definition) is 0. The standard InChI is InChI=1S/C18H25NO7/c1-5-24-15(20)12-19(13-8-10-14(23-4)11-9-13)16(17(21)25-6-2)18(22)26-7-3/h8-11,16H,5-7,12H2,1-4H3. The zero-order valence-corrected chi connectivity index (χ0v) is 15.5. The van der Waals surface area contributed by atoms with Crippen LogP contribution in [0.4, 0.5) is 5.69 Å². The first-order valence-corrected chi connectivity index (χ1v) is 8.37. The second kappa shape index (κ2) is 11.0. The maximum absolute atomic E-state index is 12.4. The summed E-state index contributed by atoms with van der Waals surface area (Å²) < 4.78 is 20.1. The minimum absolute atomic E-state index is 0.0879. The molecule has 0 N–H and O–H groups in total. The number of hydrogen-bond acceptors (Lipinski definition) is 8. The summed E-state index contributed by atoms with van der Waals surface area (Å²) >= 11 is 0. The van der Waals surface area contributed by atoms with E-state index < -0.39 is 23.9 Å². The highest BCUT2D eigenvalue weighted by Crippen LogP contribution is 2.22. The molecule has 0 unspecified atom stereocenters. The molecule has 26 heavy (non-hydrogen) atoms. The van der Waals surface area contributed by atoms with E-state index in [-0.39, 0.29) is 26.4 Å². The Balaban J connectivity index is 3.27. The van der Waals surface area contributed by atoms with Crippen molar-refractivity contribution >= 4 is 23.6 Å². The van der Waals surface area contributed by atoms with Crippen LogP contribution in [-0.2, 0) is 28.6 Å². The zero-order valence-electron chi connectivity index (χ0n) is 15.5. The summed E-state index contributed by atoms with van der Waals surface area (Å²) in [6.07, 6.45) is 0. The lowest BCUT2D eigenvalue weighted by atomic mass is 10.2. The first-order chi connectivity index (χ1) is 12.5. The number of rotatable bonds is 10. The van der Waals surface area contributed by atoms with Gasteiger partial charge in [0.1, 0.15) is 12.3 Å². The molecule has 0 aromatic heterocycles. The van der Waals surface area contributed by atoms with Gasteiger partial charge in [0, 0.05) is 5.69 Å². The van der Waals surface area contributed by atoms with Gasteiger partial charge in [-0.2, -0.15) is 0 Å². The summed E-state index contributed by atoms with van der Waals surface area (Å²) in [5, 5.41) is 0. The van der Waals surface area contributed by atoms with Gasteiger partial charge in [-0.3, -0.25) is 4.79 Å². The predicted molar refractivity (Wildman–Crippen MR) is 94.0 cm³/mol. The molecule has 0 aliphatic heterocycles. The highest BCUT2D eigenvalue weighted by molar-refractivity contribution is 6.03. The van der Waals surface area contributed by atoms with Gasteiger partial charge in [-0.15, -0.1) is 0 Å². The second-order valence-electron chi connectivity index (χ2n) is 5.04. The fourth-order valence-corrected chi connectivity index (χ4v) is 2.24. The number of carbonyl (C=O) groups is 3. The Morgan fingerprint density at radius 1 is 0.885 bits per heavy atom. The van der Waals surface area contributed by atoms with Crippen molar-refractivity contribution in [3.05, 3.63) is 24.3 Å². The van der Waals surface area contributed by atoms with Crippen molar-refractivity contribution in [2.24, 2.45) is 0 Å². The van der Waals surface area contributed by atoms with E-state index in [4.69, 9.17) is 18.9 Å². The van der Waals surface area contributed by atoms with Crippen molar-refractivity contribution in [3.63, 3.8) is 0 Å². The molecule has 0 bridgehead atoms. The molecule has 0 amide bonds. The van der Waals surface area contributed by atoms with Crippen molar-refractivity contribution in [1.82, 2.24) is 0 Å². The number of methoxy groups -OCH3 is 1. The number of nitrogens with zero attached hydrogens (tertiary/aromatic N) is 1. The van der Waals surface area contributed by atoms with Gasteiger partial charge >= 0.3 is 17.9 Å². The van der Waals surface area contributed by atoms with E-state index in [1.54, 1.807) is 45.0 Å². The third kappa shape index (κ3) is 5.94. The Hall–Kier alpha value is -2.77. The van der Waals surface area contributed by atoms with E-state index in [9.17, 15) is 14.4 Å². The van der Waals surface area contributed by atoms with Gasteiger partial charge in [-0.05, 0) is 45.0 Å². The van der Waals surface area contributed by atoms with E-state index in [1.165, 1.54) is 12.0 Å². The van der Waals surface area contributed by atoms with Crippen LogP contribution in [0, 0.1) is 0 Å². The quantitative estimate of drug-likeness (QED) is 0.350. The van der Waals surface area contributed by atoms with Crippen LogP contribution in [0.1, 0.15) is 20.8 Å². The lowest BCUT2D eigenvalue weighted by Crippen LogP contribution is -2.51. The number of esters is 3. The van der Waals surface area contributed by atoms with Gasteiger partial charge < -0.3 is 23.8 Å². The molecule has 1 aromatic rings. The van der Waals surface area contributed by atoms with Crippen molar-refractivity contribution in [3.8, 4) is 5.75 Å². The Labute approximate surface area is 153 Å². The largest absolute Gasteiger partial charge is 0.497 e. The molecule has 0 heterocycles. The van der Waals surface area contributed by atoms with E-state index >= 15 is 0 Å². The van der Waals surface area contributed by atoms with Crippen LogP contribution in [-0.4, -0.2) is 57.4 Å². The summed E-state index contributed by atoms with van der Waals surface area (Å²) in [6, 6.07) is 5.14. The summed E-state index contributed by atoms with van der Waals surface area (Å²) in [5.74, 6) is -1.59. The topological polar surface area (TPSA) is 91.4 Å². The molecule has 0 fully saturated rings. The van der Waals surface area contributed by atoms with Gasteiger partial charge in [0.25, 0.3) is 0 Å². The van der Waals surface area contributed by atoms with Crippen molar-refractivity contribution in [1.29, 1.82) is 0 Å². The number of carbonyl (C=O) groups excluding carboxylic acids is 3. The summed E-state index contributed by atoms with van der Waals surface area (Å²) in [4.78, 5) is 38.1. The summed E-state index contributed by atoms with van der Waals surface area (Å²) in [7, 11) is 1.52. The SMILES string of the molecule is CCOC(=O)CN(c1ccc(OC)cc1)C(C(=O)OCC)C(=O)OCC. The lowest BCUT2D eigenvalue weighted by Gasteiger charge is -2.29. The molecule has 144 valence electrons. The molecule has 8 nitrogen and oxygen atoms in total. The normalized spacial score (nSPS) is 10.2. The smallest absolute Gasteiger partial charge is 0.340 e. The highest BCUT2D eigenvalue weighted by atomic mass is 16.6. The van der Waals surface area contributed by atoms with Gasteiger partial charge in [0.2, 0.25) is 6.04 Å². The molecule has 0 saturated carbocycles. The number of anilines is 1. The molecule has 0 radical (unpaired) electrons. The maximum Gasteiger partial charge on any atom is 0.340 e. The van der Waals surface area contributed by atoms with Crippen molar-refractivity contribution in [2.45, 2.75) is 26.8 Å². The van der Waals surface area contributed by atoms with Gasteiger partial charge in [0.15, 0.2) is 0 Å². The van der Waals surface area contributed by atoms with Crippen LogP contribution in [0.15, 0.2) is 24.3 Å². The van der Waals surface area contributed by atoms with Crippen molar-refractivity contribution in [2.75, 3.05) is 38.4 Å². The first-order valence-electron chi connectivity index (χ1n) is 8.37. The van der Waals surface area contributed by atoms with Gasteiger partial charge in [-0.25, -0.2) is 9.59 Å². The molecule has 1 rings (SSSR count). The minimum atomic E-state index is -1.42. The second-order valence-corrected chi connectivity index (χ2v) is 5.04. The molecule has 0 spiro atoms. The van der Waals surface area contributed by atoms with Crippen LogP contribution in [0.2, 0.25) is 0 Å². The number of ether oxygens (including phenoxy) is 4. The summed E-state index contributed by atoms with van der Waals surface area (Å²) in [5.41, 5.74) is 0.449. The molecular formula is C18H25NO7. The predicted octanol–water partition coefficient (Wildman–Crippen LogP) is 1.56. The van der Waals surface area contributed by atoms with Crippen LogP contribution in [0.3, 0.4) is 0 Å². The Morgan fingerprint density at radius 2 is 1.38 bits per heavy atom. The number of benzene rings is 1. The zero-order chi connectivity index (χ0) is 19.5. The third-order valence-electron chi connectivity index (χ3n) is 3.34. The maximum atomic E-state index is 12.4. The molecule has 0 saturated heterocycles. The Kier molecular flexibility index (Phi) is 8.97. The monoisotopic (exact) mass is 367 g/mol. The van der Waals surface area contributed by atoms with Crippen LogP contribution in [0.5, 0.6) is 5.75 Å². The average molecular weight is 367 g/mol.